The fourth-order valence-corrected chi connectivity index (χ4v) is 2.10. The zero-order chi connectivity index (χ0) is 16.2. The number of ketones is 1. The van der Waals surface area contributed by atoms with Gasteiger partial charge in [0, 0.05) is 5.38 Å². The summed E-state index contributed by atoms with van der Waals surface area (Å²) in [5, 5.41) is 13.0. The summed E-state index contributed by atoms with van der Waals surface area (Å²) < 4.78 is 5.04. The van der Waals surface area contributed by atoms with Crippen molar-refractivity contribution in [1.29, 1.82) is 0 Å². The molecule has 0 aliphatic heterocycles. The van der Waals surface area contributed by atoms with Crippen LogP contribution in [-0.2, 0) is 14.3 Å². The summed E-state index contributed by atoms with van der Waals surface area (Å²) in [4.78, 5) is 38.1. The molecule has 1 unspecified atom stereocenters. The fraction of sp³-hybridized carbons (Fsp3) is 0.385. The SMILES string of the molecule is C=CC(=O)C(C(=O)O)c1csc(NC(=O)OC(C)(C)C)n1. The standard InChI is InChI=1S/C13H16N2O5S/c1-5-8(16)9(10(17)18)7-6-21-11(14-7)15-12(19)20-13(2,3)4/h5-6,9H,1H2,2-4H3,(H,17,18)(H,14,15,19). The van der Waals surface area contributed by atoms with E-state index in [2.05, 4.69) is 16.9 Å². The van der Waals surface area contributed by atoms with E-state index in [1.54, 1.807) is 20.8 Å². The molecule has 8 heteroatoms. The van der Waals surface area contributed by atoms with Gasteiger partial charge in [-0.25, -0.2) is 9.78 Å². The molecule has 2 N–H and O–H groups in total. The molecular formula is C13H16N2O5S. The quantitative estimate of drug-likeness (QED) is 0.639. The van der Waals surface area contributed by atoms with Crippen LogP contribution in [0.1, 0.15) is 32.4 Å². The first-order valence-electron chi connectivity index (χ1n) is 5.98. The van der Waals surface area contributed by atoms with Crippen LogP contribution in [0.25, 0.3) is 0 Å². The molecule has 0 spiro atoms. The summed E-state index contributed by atoms with van der Waals surface area (Å²) in [5.74, 6) is -3.42. The van der Waals surface area contributed by atoms with Gasteiger partial charge in [-0.15, -0.1) is 11.3 Å². The maximum absolute atomic E-state index is 11.6. The van der Waals surface area contributed by atoms with Gasteiger partial charge >= 0.3 is 12.1 Å². The summed E-state index contributed by atoms with van der Waals surface area (Å²) in [6.07, 6.45) is 0.226. The Kier molecular flexibility index (Phi) is 5.20. The van der Waals surface area contributed by atoms with Gasteiger partial charge in [0.25, 0.3) is 0 Å². The molecule has 0 saturated carbocycles. The topological polar surface area (TPSA) is 106 Å². The Morgan fingerprint density at radius 1 is 1.48 bits per heavy atom. The predicted octanol–water partition coefficient (Wildman–Crippen LogP) is 2.41. The minimum absolute atomic E-state index is 0.0449. The first kappa shape index (κ1) is 16.8. The van der Waals surface area contributed by atoms with Gasteiger partial charge in [-0.2, -0.15) is 0 Å². The van der Waals surface area contributed by atoms with E-state index in [0.29, 0.717) is 0 Å². The molecule has 0 radical (unpaired) electrons. The third kappa shape index (κ3) is 4.99. The Bertz CT molecular complexity index is 573. The van der Waals surface area contributed by atoms with E-state index >= 15 is 0 Å². The van der Waals surface area contributed by atoms with Gasteiger partial charge < -0.3 is 9.84 Å². The van der Waals surface area contributed by atoms with Crippen LogP contribution >= 0.6 is 11.3 Å². The first-order valence-corrected chi connectivity index (χ1v) is 6.86. The second-order valence-electron chi connectivity index (χ2n) is 5.08. The lowest BCUT2D eigenvalue weighted by Crippen LogP contribution is -2.27. The molecule has 0 aliphatic rings. The van der Waals surface area contributed by atoms with Crippen molar-refractivity contribution in [1.82, 2.24) is 4.98 Å². The molecule has 1 aromatic heterocycles. The van der Waals surface area contributed by atoms with Crippen LogP contribution in [0.5, 0.6) is 0 Å². The Balaban J connectivity index is 2.85. The highest BCUT2D eigenvalue weighted by Crippen LogP contribution is 2.24. The van der Waals surface area contributed by atoms with Crippen LogP contribution in [0.4, 0.5) is 9.93 Å². The van der Waals surface area contributed by atoms with Crippen LogP contribution in [0.15, 0.2) is 18.0 Å². The molecule has 0 saturated heterocycles. The average molecular weight is 312 g/mol. The normalized spacial score (nSPS) is 12.3. The molecule has 0 fully saturated rings. The van der Waals surface area contributed by atoms with Crippen molar-refractivity contribution in [2.75, 3.05) is 5.32 Å². The van der Waals surface area contributed by atoms with Crippen molar-refractivity contribution < 1.29 is 24.2 Å². The Hall–Kier alpha value is -2.22. The molecule has 21 heavy (non-hydrogen) atoms. The number of carboxylic acid groups (broad SMARTS) is 1. The molecule has 0 aromatic carbocycles. The molecular weight excluding hydrogens is 296 g/mol. The van der Waals surface area contributed by atoms with E-state index in [-0.39, 0.29) is 10.8 Å². The van der Waals surface area contributed by atoms with E-state index in [4.69, 9.17) is 9.84 Å². The second kappa shape index (κ2) is 6.49. The lowest BCUT2D eigenvalue weighted by Gasteiger charge is -2.18. The number of nitrogens with zero attached hydrogens (tertiary/aromatic N) is 1. The smallest absolute Gasteiger partial charge is 0.413 e. The highest BCUT2D eigenvalue weighted by molar-refractivity contribution is 7.14. The van der Waals surface area contributed by atoms with Gasteiger partial charge in [-0.3, -0.25) is 14.9 Å². The van der Waals surface area contributed by atoms with Crippen molar-refractivity contribution in [3.8, 4) is 0 Å². The molecule has 1 rings (SSSR count). The molecule has 7 nitrogen and oxygen atoms in total. The number of hydrogen-bond acceptors (Lipinski definition) is 6. The minimum atomic E-state index is -1.42. The molecule has 114 valence electrons. The number of allylic oxidation sites excluding steroid dienone is 1. The first-order chi connectivity index (χ1) is 9.64. The molecule has 0 aliphatic carbocycles. The number of amides is 1. The Labute approximate surface area is 125 Å². The molecule has 0 bridgehead atoms. The van der Waals surface area contributed by atoms with Gasteiger partial charge in [-0.05, 0) is 26.8 Å². The molecule has 1 aromatic rings. The third-order valence-corrected chi connectivity index (χ3v) is 2.93. The van der Waals surface area contributed by atoms with Gasteiger partial charge in [-0.1, -0.05) is 6.58 Å². The van der Waals surface area contributed by atoms with Gasteiger partial charge in [0.15, 0.2) is 16.8 Å². The number of carbonyl (C=O) groups excluding carboxylic acids is 2. The number of carboxylic acids is 1. The number of aliphatic carboxylic acids is 1. The Morgan fingerprint density at radius 3 is 2.57 bits per heavy atom. The predicted molar refractivity (Wildman–Crippen MR) is 77.6 cm³/mol. The zero-order valence-corrected chi connectivity index (χ0v) is 12.7. The van der Waals surface area contributed by atoms with Gasteiger partial charge in [0.1, 0.15) is 5.60 Å². The Morgan fingerprint density at radius 2 is 2.10 bits per heavy atom. The van der Waals surface area contributed by atoms with Crippen LogP contribution in [0.3, 0.4) is 0 Å². The van der Waals surface area contributed by atoms with Crippen molar-refractivity contribution in [3.05, 3.63) is 23.7 Å². The fourth-order valence-electron chi connectivity index (χ4n) is 1.38. The molecule has 1 amide bonds. The van der Waals surface area contributed by atoms with E-state index in [1.165, 1.54) is 5.38 Å². The highest BCUT2D eigenvalue weighted by Gasteiger charge is 2.29. The maximum atomic E-state index is 11.6. The minimum Gasteiger partial charge on any atom is -0.480 e. The van der Waals surface area contributed by atoms with Crippen LogP contribution in [-0.4, -0.2) is 33.5 Å². The van der Waals surface area contributed by atoms with E-state index in [1.807, 2.05) is 0 Å². The number of rotatable bonds is 5. The van der Waals surface area contributed by atoms with Crippen molar-refractivity contribution in [2.24, 2.45) is 0 Å². The zero-order valence-electron chi connectivity index (χ0n) is 11.9. The second-order valence-corrected chi connectivity index (χ2v) is 5.94. The lowest BCUT2D eigenvalue weighted by atomic mass is 10.0. The van der Waals surface area contributed by atoms with E-state index in [9.17, 15) is 14.4 Å². The van der Waals surface area contributed by atoms with Crippen molar-refractivity contribution >= 4 is 34.3 Å². The number of anilines is 1. The van der Waals surface area contributed by atoms with Crippen LogP contribution in [0, 0.1) is 0 Å². The lowest BCUT2D eigenvalue weighted by molar-refractivity contribution is -0.141. The summed E-state index contributed by atoms with van der Waals surface area (Å²) in [7, 11) is 0. The average Bonchev–Trinajstić information content (AvgIpc) is 2.73. The highest BCUT2D eigenvalue weighted by atomic mass is 32.1. The van der Waals surface area contributed by atoms with E-state index in [0.717, 1.165) is 17.4 Å². The van der Waals surface area contributed by atoms with Crippen LogP contribution in [0.2, 0.25) is 0 Å². The summed E-state index contributed by atoms with van der Waals surface area (Å²) in [6.45, 7) is 8.39. The van der Waals surface area contributed by atoms with Gasteiger partial charge in [0.2, 0.25) is 0 Å². The number of hydrogen-bond donors (Lipinski definition) is 2. The number of thiazole rings is 1. The summed E-state index contributed by atoms with van der Waals surface area (Å²) in [6, 6.07) is 0. The number of carbonyl (C=O) groups is 3. The third-order valence-electron chi connectivity index (χ3n) is 2.16. The maximum Gasteiger partial charge on any atom is 0.413 e. The molecule has 1 atom stereocenters. The number of ether oxygens (including phenoxy) is 1. The van der Waals surface area contributed by atoms with E-state index < -0.39 is 29.4 Å². The molecule has 1 heterocycles. The number of aromatic nitrogens is 1. The monoisotopic (exact) mass is 312 g/mol. The van der Waals surface area contributed by atoms with Gasteiger partial charge in [0.05, 0.1) is 5.69 Å². The van der Waals surface area contributed by atoms with Crippen LogP contribution < -0.4 is 5.32 Å². The van der Waals surface area contributed by atoms with Crippen molar-refractivity contribution in [3.63, 3.8) is 0 Å². The number of nitrogens with one attached hydrogen (secondary N) is 1. The summed E-state index contributed by atoms with van der Waals surface area (Å²) >= 11 is 1.00. The van der Waals surface area contributed by atoms with Crippen molar-refractivity contribution in [2.45, 2.75) is 32.3 Å². The summed E-state index contributed by atoms with van der Waals surface area (Å²) in [5.41, 5.74) is -0.615. The largest absolute Gasteiger partial charge is 0.480 e.